The number of halogens is 1. The molecule has 0 aliphatic carbocycles. The number of aliphatic hydroxyl groups is 1. The van der Waals surface area contributed by atoms with Crippen molar-refractivity contribution in [3.63, 3.8) is 0 Å². The molecule has 0 saturated carbocycles. The summed E-state index contributed by atoms with van der Waals surface area (Å²) >= 11 is 5.86. The Balaban J connectivity index is 1.91. The fourth-order valence-corrected chi connectivity index (χ4v) is 2.51. The first-order valence-electron chi connectivity index (χ1n) is 6.77. The number of anilines is 1. The minimum absolute atomic E-state index is 0.273. The van der Waals surface area contributed by atoms with Crippen molar-refractivity contribution in [2.45, 2.75) is 18.9 Å². The van der Waals surface area contributed by atoms with E-state index >= 15 is 0 Å². The molecule has 1 aliphatic rings. The summed E-state index contributed by atoms with van der Waals surface area (Å²) in [5.41, 5.74) is 1.05. The Morgan fingerprint density at radius 2 is 1.95 bits per heavy atom. The highest BCUT2D eigenvalue weighted by molar-refractivity contribution is 6.30. The number of hydrogen-bond acceptors (Lipinski definition) is 5. The second-order valence-corrected chi connectivity index (χ2v) is 5.45. The van der Waals surface area contributed by atoms with Crippen LogP contribution < -0.4 is 4.90 Å². The van der Waals surface area contributed by atoms with E-state index in [4.69, 9.17) is 16.0 Å². The third-order valence-electron chi connectivity index (χ3n) is 3.56. The lowest BCUT2D eigenvalue weighted by molar-refractivity contribution is 0.144. The Morgan fingerprint density at radius 1 is 1.29 bits per heavy atom. The smallest absolute Gasteiger partial charge is 0.235 e. The molecule has 1 fully saturated rings. The number of oxazole rings is 1. The van der Waals surface area contributed by atoms with Crippen LogP contribution in [-0.2, 0) is 0 Å². The van der Waals surface area contributed by atoms with Gasteiger partial charge in [-0.25, -0.2) is 0 Å². The maximum absolute atomic E-state index is 9.56. The van der Waals surface area contributed by atoms with Gasteiger partial charge >= 0.3 is 0 Å². The van der Waals surface area contributed by atoms with Crippen LogP contribution in [0.3, 0.4) is 0 Å². The molecule has 6 heteroatoms. The molecule has 1 N–H and O–H groups in total. The summed E-state index contributed by atoms with van der Waals surface area (Å²) in [5, 5.41) is 19.4. The van der Waals surface area contributed by atoms with E-state index < -0.39 is 0 Å². The lowest BCUT2D eigenvalue weighted by Gasteiger charge is -2.28. The van der Waals surface area contributed by atoms with Crippen molar-refractivity contribution in [3.8, 4) is 17.5 Å². The summed E-state index contributed by atoms with van der Waals surface area (Å²) in [4.78, 5) is 6.20. The van der Waals surface area contributed by atoms with E-state index in [1.165, 1.54) is 0 Å². The number of aliphatic hydroxyl groups excluding tert-OH is 1. The summed E-state index contributed by atoms with van der Waals surface area (Å²) in [6.45, 7) is 1.32. The van der Waals surface area contributed by atoms with Crippen molar-refractivity contribution in [1.82, 2.24) is 4.98 Å². The maximum atomic E-state index is 9.56. The Morgan fingerprint density at radius 3 is 2.57 bits per heavy atom. The minimum atomic E-state index is -0.273. The molecular weight excluding hydrogens is 290 g/mol. The lowest BCUT2D eigenvalue weighted by Crippen LogP contribution is -2.35. The zero-order valence-electron chi connectivity index (χ0n) is 11.3. The van der Waals surface area contributed by atoms with Crippen LogP contribution in [0.1, 0.15) is 18.5 Å². The topological polar surface area (TPSA) is 73.3 Å². The summed E-state index contributed by atoms with van der Waals surface area (Å²) in [7, 11) is 0. The normalized spacial score (nSPS) is 16.0. The third kappa shape index (κ3) is 2.87. The van der Waals surface area contributed by atoms with Gasteiger partial charge in [0.05, 0.1) is 6.10 Å². The largest absolute Gasteiger partial charge is 0.419 e. The monoisotopic (exact) mass is 303 g/mol. The van der Waals surface area contributed by atoms with E-state index in [1.54, 1.807) is 24.3 Å². The molecule has 1 aromatic heterocycles. The summed E-state index contributed by atoms with van der Waals surface area (Å²) in [5.74, 6) is 0.888. The van der Waals surface area contributed by atoms with Crippen molar-refractivity contribution < 1.29 is 9.52 Å². The molecule has 0 amide bonds. The molecule has 0 bridgehead atoms. The van der Waals surface area contributed by atoms with E-state index in [2.05, 4.69) is 11.1 Å². The van der Waals surface area contributed by atoms with Crippen molar-refractivity contribution in [2.75, 3.05) is 18.0 Å². The van der Waals surface area contributed by atoms with Gasteiger partial charge in [0, 0.05) is 23.7 Å². The number of benzene rings is 1. The van der Waals surface area contributed by atoms with Crippen molar-refractivity contribution in [1.29, 1.82) is 5.26 Å². The van der Waals surface area contributed by atoms with Crippen LogP contribution in [0.15, 0.2) is 28.7 Å². The number of rotatable bonds is 2. The molecule has 0 atom stereocenters. The third-order valence-corrected chi connectivity index (χ3v) is 3.81. The molecule has 5 nitrogen and oxygen atoms in total. The molecule has 108 valence electrons. The van der Waals surface area contributed by atoms with Gasteiger partial charge in [-0.05, 0) is 37.1 Å². The van der Waals surface area contributed by atoms with Gasteiger partial charge in [0.25, 0.3) is 0 Å². The lowest BCUT2D eigenvalue weighted by atomic mass is 10.1. The van der Waals surface area contributed by atoms with Crippen LogP contribution in [0.25, 0.3) is 11.5 Å². The molecule has 0 radical (unpaired) electrons. The second kappa shape index (κ2) is 5.76. The van der Waals surface area contributed by atoms with Gasteiger partial charge < -0.3 is 14.4 Å². The van der Waals surface area contributed by atoms with Crippen LogP contribution in [0, 0.1) is 11.3 Å². The fourth-order valence-electron chi connectivity index (χ4n) is 2.38. The highest BCUT2D eigenvalue weighted by Crippen LogP contribution is 2.30. The fraction of sp³-hybridized carbons (Fsp3) is 0.333. The minimum Gasteiger partial charge on any atom is -0.419 e. The summed E-state index contributed by atoms with van der Waals surface area (Å²) in [6.07, 6.45) is 1.06. The Labute approximate surface area is 127 Å². The number of aromatic nitrogens is 1. The molecular formula is C15H14ClN3O2. The van der Waals surface area contributed by atoms with E-state index in [1.807, 2.05) is 4.90 Å². The highest BCUT2D eigenvalue weighted by Gasteiger charge is 2.24. The van der Waals surface area contributed by atoms with Crippen LogP contribution in [0.5, 0.6) is 0 Å². The number of hydrogen-bond donors (Lipinski definition) is 1. The molecule has 2 heterocycles. The summed E-state index contributed by atoms with van der Waals surface area (Å²) < 4.78 is 5.77. The van der Waals surface area contributed by atoms with Gasteiger partial charge in [0.1, 0.15) is 6.07 Å². The number of nitrogens with zero attached hydrogens (tertiary/aromatic N) is 3. The molecule has 1 saturated heterocycles. The van der Waals surface area contributed by atoms with Crippen molar-refractivity contribution in [3.05, 3.63) is 35.0 Å². The van der Waals surface area contributed by atoms with Crippen LogP contribution >= 0.6 is 11.6 Å². The highest BCUT2D eigenvalue weighted by atomic mass is 35.5. The van der Waals surface area contributed by atoms with Crippen molar-refractivity contribution in [2.24, 2.45) is 0 Å². The first-order chi connectivity index (χ1) is 10.2. The second-order valence-electron chi connectivity index (χ2n) is 5.01. The Bertz CT molecular complexity index is 667. The average molecular weight is 304 g/mol. The van der Waals surface area contributed by atoms with Gasteiger partial charge in [0.15, 0.2) is 0 Å². The van der Waals surface area contributed by atoms with Crippen LogP contribution in [0.4, 0.5) is 5.88 Å². The molecule has 0 spiro atoms. The van der Waals surface area contributed by atoms with Gasteiger partial charge in [-0.3, -0.25) is 0 Å². The van der Waals surface area contributed by atoms with Gasteiger partial charge in [-0.2, -0.15) is 10.2 Å². The van der Waals surface area contributed by atoms with E-state index in [0.717, 1.165) is 5.56 Å². The van der Waals surface area contributed by atoms with Gasteiger partial charge in [-0.15, -0.1) is 0 Å². The molecule has 1 aromatic carbocycles. The zero-order valence-corrected chi connectivity index (χ0v) is 12.0. The first-order valence-corrected chi connectivity index (χ1v) is 7.15. The van der Waals surface area contributed by atoms with Gasteiger partial charge in [0.2, 0.25) is 17.5 Å². The molecule has 2 aromatic rings. The Kier molecular flexibility index (Phi) is 3.82. The zero-order chi connectivity index (χ0) is 14.8. The SMILES string of the molecule is N#Cc1nc(-c2ccc(Cl)cc2)oc1N1CCC(O)CC1. The number of piperidine rings is 1. The maximum Gasteiger partial charge on any atom is 0.235 e. The quantitative estimate of drug-likeness (QED) is 0.923. The van der Waals surface area contributed by atoms with E-state index in [-0.39, 0.29) is 11.8 Å². The predicted molar refractivity (Wildman–Crippen MR) is 79.1 cm³/mol. The first kappa shape index (κ1) is 13.9. The van der Waals surface area contributed by atoms with Crippen LogP contribution in [-0.4, -0.2) is 29.3 Å². The Hall–Kier alpha value is -2.03. The van der Waals surface area contributed by atoms with Gasteiger partial charge in [-0.1, -0.05) is 11.6 Å². The standard InChI is InChI=1S/C15H14ClN3O2/c16-11-3-1-10(2-4-11)14-18-13(9-17)15(21-14)19-7-5-12(20)6-8-19/h1-4,12,20H,5-8H2. The number of nitriles is 1. The molecule has 21 heavy (non-hydrogen) atoms. The average Bonchev–Trinajstić information content (AvgIpc) is 2.93. The molecule has 3 rings (SSSR count). The molecule has 1 aliphatic heterocycles. The predicted octanol–water partition coefficient (Wildman–Crippen LogP) is 2.83. The van der Waals surface area contributed by atoms with E-state index in [9.17, 15) is 10.4 Å². The van der Waals surface area contributed by atoms with Crippen LogP contribution in [0.2, 0.25) is 5.02 Å². The summed E-state index contributed by atoms with van der Waals surface area (Å²) in [6, 6.07) is 9.19. The van der Waals surface area contributed by atoms with Crippen molar-refractivity contribution >= 4 is 17.5 Å². The van der Waals surface area contributed by atoms with E-state index in [0.29, 0.717) is 42.7 Å². The molecule has 0 unspecified atom stereocenters.